The monoisotopic (exact) mass is 438 g/mol. The van der Waals surface area contributed by atoms with Gasteiger partial charge in [0.05, 0.1) is 23.0 Å². The maximum Gasteiger partial charge on any atom is 0.269 e. The summed E-state index contributed by atoms with van der Waals surface area (Å²) in [4.78, 5) is 28.8. The van der Waals surface area contributed by atoms with E-state index in [-0.39, 0.29) is 22.6 Å². The van der Waals surface area contributed by atoms with Crippen LogP contribution in [0.25, 0.3) is 0 Å². The molecule has 1 saturated heterocycles. The van der Waals surface area contributed by atoms with Crippen molar-refractivity contribution in [1.82, 2.24) is 0 Å². The second-order valence-corrected chi connectivity index (χ2v) is 8.73. The molecule has 1 unspecified atom stereocenters. The molecule has 3 aromatic carbocycles. The Kier molecular flexibility index (Phi) is 4.56. The number of thioether (sulfide) groups is 1. The number of amides is 2. The van der Waals surface area contributed by atoms with Crippen molar-refractivity contribution in [3.05, 3.63) is 94.8 Å². The van der Waals surface area contributed by atoms with Crippen LogP contribution < -0.4 is 9.80 Å². The molecule has 0 saturated carbocycles. The van der Waals surface area contributed by atoms with Gasteiger partial charge in [-0.05, 0) is 29.8 Å². The zero-order valence-corrected chi connectivity index (χ0v) is 17.3. The summed E-state index contributed by atoms with van der Waals surface area (Å²) < 4.78 is 13.8. The lowest BCUT2D eigenvalue weighted by Crippen LogP contribution is -2.49. The van der Waals surface area contributed by atoms with Gasteiger partial charge in [0, 0.05) is 11.3 Å². The van der Waals surface area contributed by atoms with Gasteiger partial charge in [-0.1, -0.05) is 60.1 Å². The van der Waals surface area contributed by atoms with Gasteiger partial charge < -0.3 is 4.90 Å². The molecule has 0 aromatic heterocycles. The van der Waals surface area contributed by atoms with Gasteiger partial charge in [-0.15, -0.1) is 11.8 Å². The Balaban J connectivity index is 1.66. The Morgan fingerprint density at radius 3 is 2.50 bits per heavy atom. The Morgan fingerprint density at radius 1 is 1.00 bits per heavy atom. The van der Waals surface area contributed by atoms with Crippen LogP contribution in [0.5, 0.6) is 0 Å². The van der Waals surface area contributed by atoms with Gasteiger partial charge in [-0.2, -0.15) is 0 Å². The smallest absolute Gasteiger partial charge is 0.269 e. The van der Waals surface area contributed by atoms with Gasteiger partial charge in [0.15, 0.2) is 0 Å². The van der Waals surface area contributed by atoms with Crippen LogP contribution in [-0.2, 0) is 21.0 Å². The van der Waals surface area contributed by atoms with Gasteiger partial charge in [0.1, 0.15) is 5.82 Å². The number of fused-ring (bicyclic) bond motifs is 2. The van der Waals surface area contributed by atoms with Gasteiger partial charge in [-0.3, -0.25) is 14.5 Å². The molecule has 2 aliphatic rings. The van der Waals surface area contributed by atoms with Crippen molar-refractivity contribution in [3.8, 4) is 0 Å². The molecule has 3 aromatic rings. The molecular weight excluding hydrogens is 423 g/mol. The molecule has 1 spiro atoms. The SMILES string of the molecule is O=C1CSC2(C(=O)N(Cc3ccccc3)c3ccccc32)N1c1ccc(F)c(Cl)c1. The molecule has 2 amide bonds. The lowest BCUT2D eigenvalue weighted by Gasteiger charge is -2.33. The predicted molar refractivity (Wildman–Crippen MR) is 117 cm³/mol. The van der Waals surface area contributed by atoms with Crippen LogP contribution in [0.2, 0.25) is 5.02 Å². The van der Waals surface area contributed by atoms with Crippen molar-refractivity contribution in [2.45, 2.75) is 11.4 Å². The molecule has 1 atom stereocenters. The summed E-state index contributed by atoms with van der Waals surface area (Å²) in [6, 6.07) is 21.3. The normalized spacial score (nSPS) is 20.3. The van der Waals surface area contributed by atoms with Crippen molar-refractivity contribution in [2.24, 2.45) is 0 Å². The second kappa shape index (κ2) is 7.15. The number of nitrogens with zero attached hydrogens (tertiary/aromatic N) is 2. The fourth-order valence-corrected chi connectivity index (χ4v) is 5.64. The van der Waals surface area contributed by atoms with Gasteiger partial charge >= 0.3 is 0 Å². The van der Waals surface area contributed by atoms with Gasteiger partial charge in [0.2, 0.25) is 10.8 Å². The van der Waals surface area contributed by atoms with Crippen molar-refractivity contribution in [2.75, 3.05) is 15.6 Å². The van der Waals surface area contributed by atoms with Crippen LogP contribution in [-0.4, -0.2) is 17.6 Å². The topological polar surface area (TPSA) is 40.6 Å². The molecule has 1 fully saturated rings. The van der Waals surface area contributed by atoms with Crippen molar-refractivity contribution < 1.29 is 14.0 Å². The molecule has 30 heavy (non-hydrogen) atoms. The van der Waals surface area contributed by atoms with E-state index in [1.54, 1.807) is 4.90 Å². The number of halogens is 2. The number of carbonyl (C=O) groups excluding carboxylic acids is 2. The van der Waals surface area contributed by atoms with Crippen LogP contribution >= 0.6 is 23.4 Å². The molecule has 4 nitrogen and oxygen atoms in total. The number of hydrogen-bond acceptors (Lipinski definition) is 3. The lowest BCUT2D eigenvalue weighted by molar-refractivity contribution is -0.123. The Hall–Kier alpha value is -2.83. The first kappa shape index (κ1) is 19.2. The zero-order chi connectivity index (χ0) is 20.9. The van der Waals surface area contributed by atoms with Gasteiger partial charge in [-0.25, -0.2) is 4.39 Å². The fraction of sp³-hybridized carbons (Fsp3) is 0.130. The first-order valence-electron chi connectivity index (χ1n) is 9.40. The third kappa shape index (κ3) is 2.75. The zero-order valence-electron chi connectivity index (χ0n) is 15.7. The molecular formula is C23H16ClFN2O2S. The molecule has 0 aliphatic carbocycles. The summed E-state index contributed by atoms with van der Waals surface area (Å²) in [6.45, 7) is 0.394. The highest BCUT2D eigenvalue weighted by Crippen LogP contribution is 2.56. The second-order valence-electron chi connectivity index (χ2n) is 7.15. The standard InChI is InChI=1S/C23H16ClFN2O2S/c24-18-12-16(10-11-19(18)25)27-21(28)14-30-23(27)17-8-4-5-9-20(17)26(22(23)29)13-15-6-2-1-3-7-15/h1-12H,13-14H2. The third-order valence-corrected chi connectivity index (χ3v) is 7.08. The highest BCUT2D eigenvalue weighted by atomic mass is 35.5. The third-order valence-electron chi connectivity index (χ3n) is 5.41. The summed E-state index contributed by atoms with van der Waals surface area (Å²) in [5.41, 5.74) is 2.92. The maximum atomic E-state index is 13.9. The molecule has 0 radical (unpaired) electrons. The average molecular weight is 439 g/mol. The number of hydrogen-bond donors (Lipinski definition) is 0. The Labute approximate surface area is 182 Å². The molecule has 150 valence electrons. The van der Waals surface area contributed by atoms with Crippen molar-refractivity contribution in [1.29, 1.82) is 0 Å². The quantitative estimate of drug-likeness (QED) is 0.580. The first-order valence-corrected chi connectivity index (χ1v) is 10.8. The van der Waals surface area contributed by atoms with E-state index in [2.05, 4.69) is 0 Å². The van der Waals surface area contributed by atoms with E-state index in [9.17, 15) is 14.0 Å². The van der Waals surface area contributed by atoms with E-state index in [1.165, 1.54) is 34.9 Å². The summed E-state index contributed by atoms with van der Waals surface area (Å²) in [5, 5.41) is -0.0905. The van der Waals surface area contributed by atoms with Crippen LogP contribution in [0.1, 0.15) is 11.1 Å². The van der Waals surface area contributed by atoms with Crippen LogP contribution in [0.15, 0.2) is 72.8 Å². The van der Waals surface area contributed by atoms with E-state index in [4.69, 9.17) is 11.6 Å². The first-order chi connectivity index (χ1) is 14.5. The average Bonchev–Trinajstić information content (AvgIpc) is 3.22. The minimum atomic E-state index is -1.23. The fourth-order valence-electron chi connectivity index (χ4n) is 4.10. The van der Waals surface area contributed by atoms with E-state index < -0.39 is 10.7 Å². The molecule has 5 rings (SSSR count). The summed E-state index contributed by atoms with van der Waals surface area (Å²) in [6.07, 6.45) is 0. The summed E-state index contributed by atoms with van der Waals surface area (Å²) in [7, 11) is 0. The Morgan fingerprint density at radius 2 is 1.73 bits per heavy atom. The Bertz CT molecular complexity index is 1170. The van der Waals surface area contributed by atoms with Crippen LogP contribution in [0.4, 0.5) is 15.8 Å². The van der Waals surface area contributed by atoms with Gasteiger partial charge in [0.25, 0.3) is 5.91 Å². The maximum absolute atomic E-state index is 13.9. The lowest BCUT2D eigenvalue weighted by atomic mass is 10.0. The molecule has 7 heteroatoms. The van der Waals surface area contributed by atoms with E-state index in [0.717, 1.165) is 16.8 Å². The number of para-hydroxylation sites is 1. The van der Waals surface area contributed by atoms with E-state index in [1.807, 2.05) is 54.6 Å². The highest BCUT2D eigenvalue weighted by molar-refractivity contribution is 8.02. The van der Waals surface area contributed by atoms with Crippen LogP contribution in [0, 0.1) is 5.82 Å². The molecule has 0 N–H and O–H groups in total. The van der Waals surface area contributed by atoms with Crippen molar-refractivity contribution in [3.63, 3.8) is 0 Å². The summed E-state index contributed by atoms with van der Waals surface area (Å²) >= 11 is 7.28. The van der Waals surface area contributed by atoms with Crippen LogP contribution in [0.3, 0.4) is 0 Å². The number of anilines is 2. The summed E-state index contributed by atoms with van der Waals surface area (Å²) in [5.74, 6) is -0.831. The van der Waals surface area contributed by atoms with E-state index >= 15 is 0 Å². The number of rotatable bonds is 3. The number of carbonyl (C=O) groups is 2. The van der Waals surface area contributed by atoms with E-state index in [0.29, 0.717) is 12.2 Å². The molecule has 0 bridgehead atoms. The molecule has 2 aliphatic heterocycles. The van der Waals surface area contributed by atoms with Crippen molar-refractivity contribution >= 4 is 46.6 Å². The highest BCUT2D eigenvalue weighted by Gasteiger charge is 2.60. The predicted octanol–water partition coefficient (Wildman–Crippen LogP) is 4.96. The molecule has 2 heterocycles. The largest absolute Gasteiger partial charge is 0.304 e. The minimum absolute atomic E-state index is 0.0905. The minimum Gasteiger partial charge on any atom is -0.304 e. The number of benzene rings is 3.